The average molecular weight is 426 g/mol. The summed E-state index contributed by atoms with van der Waals surface area (Å²) in [5.74, 6) is 0.880. The average Bonchev–Trinajstić information content (AvgIpc) is 3.05. The van der Waals surface area contributed by atoms with Gasteiger partial charge in [-0.15, -0.1) is 0 Å². The van der Waals surface area contributed by atoms with Gasteiger partial charge in [-0.2, -0.15) is 0 Å². The van der Waals surface area contributed by atoms with Crippen molar-refractivity contribution in [3.05, 3.63) is 29.3 Å². The normalized spacial score (nSPS) is 31.7. The zero-order valence-corrected chi connectivity index (χ0v) is 19.3. The standard InChI is InChI=1S/C24H35BN2O4/c1-14(2)11-20(27-21-15(9-10-28)7-6-8-17(21)22(26)29)25-30-19-13-16-12-18(23(16,3)4)24(19,5)31-25/h6-8,10,14,16,18-20,27H,9,11-13H2,1-5H3,(H2,26,29)/t16-,18-,19+,20-,24-/m0/s1. The highest BCUT2D eigenvalue weighted by molar-refractivity contribution is 6.48. The second kappa shape index (κ2) is 7.93. The largest absolute Gasteiger partial charge is 0.481 e. The fourth-order valence-electron chi connectivity index (χ4n) is 6.24. The Kier molecular flexibility index (Phi) is 5.71. The summed E-state index contributed by atoms with van der Waals surface area (Å²) in [4.78, 5) is 23.4. The maximum absolute atomic E-state index is 12.1. The Balaban J connectivity index is 1.63. The Morgan fingerprint density at radius 2 is 2.06 bits per heavy atom. The Morgan fingerprint density at radius 3 is 2.68 bits per heavy atom. The number of carbonyl (C=O) groups is 2. The van der Waals surface area contributed by atoms with Crippen molar-refractivity contribution in [3.8, 4) is 0 Å². The second-order valence-electron chi connectivity index (χ2n) is 10.8. The van der Waals surface area contributed by atoms with E-state index in [1.165, 1.54) is 6.42 Å². The zero-order valence-electron chi connectivity index (χ0n) is 19.3. The number of carbonyl (C=O) groups excluding carboxylic acids is 2. The molecule has 168 valence electrons. The Morgan fingerprint density at radius 1 is 1.32 bits per heavy atom. The van der Waals surface area contributed by atoms with Crippen molar-refractivity contribution < 1.29 is 18.9 Å². The van der Waals surface area contributed by atoms with Crippen LogP contribution in [0.15, 0.2) is 18.2 Å². The van der Waals surface area contributed by atoms with E-state index < -0.39 is 13.0 Å². The van der Waals surface area contributed by atoms with Crippen LogP contribution in [0.5, 0.6) is 0 Å². The highest BCUT2D eigenvalue weighted by atomic mass is 16.7. The highest BCUT2D eigenvalue weighted by Gasteiger charge is 2.68. The molecule has 2 bridgehead atoms. The first-order chi connectivity index (χ1) is 14.6. The van der Waals surface area contributed by atoms with Gasteiger partial charge in [-0.1, -0.05) is 39.8 Å². The van der Waals surface area contributed by atoms with E-state index in [1.54, 1.807) is 12.1 Å². The molecule has 5 atom stereocenters. The van der Waals surface area contributed by atoms with E-state index in [0.29, 0.717) is 29.0 Å². The first kappa shape index (κ1) is 22.3. The maximum atomic E-state index is 12.1. The predicted octanol–water partition coefficient (Wildman–Crippen LogP) is 3.62. The first-order valence-electron chi connectivity index (χ1n) is 11.5. The lowest BCUT2D eigenvalue weighted by molar-refractivity contribution is -0.199. The summed E-state index contributed by atoms with van der Waals surface area (Å²) >= 11 is 0. The molecule has 3 saturated carbocycles. The van der Waals surface area contributed by atoms with Crippen LogP contribution < -0.4 is 11.1 Å². The van der Waals surface area contributed by atoms with E-state index in [4.69, 9.17) is 15.0 Å². The van der Waals surface area contributed by atoms with Crippen LogP contribution in [0.4, 0.5) is 5.69 Å². The van der Waals surface area contributed by atoms with E-state index >= 15 is 0 Å². The summed E-state index contributed by atoms with van der Waals surface area (Å²) in [6.07, 6.45) is 4.18. The van der Waals surface area contributed by atoms with Crippen LogP contribution in [-0.4, -0.2) is 37.0 Å². The number of para-hydroxylation sites is 1. The Bertz CT molecular complexity index is 873. The molecule has 31 heavy (non-hydrogen) atoms. The number of hydrogen-bond donors (Lipinski definition) is 2. The number of anilines is 1. The molecule has 1 aromatic carbocycles. The topological polar surface area (TPSA) is 90.7 Å². The van der Waals surface area contributed by atoms with Crippen LogP contribution in [0.3, 0.4) is 0 Å². The smallest absolute Gasteiger partial charge is 0.404 e. The number of amides is 1. The number of nitrogens with two attached hydrogens (primary N) is 1. The fourth-order valence-corrected chi connectivity index (χ4v) is 6.24. The SMILES string of the molecule is CC(C)C[C@H](Nc1c(CC=O)cccc1C(N)=O)B1O[C@@H]2C[C@@H]3C[C@@H](C3(C)C)[C@]2(C)O1. The molecular formula is C24H35BN2O4. The molecule has 1 saturated heterocycles. The molecule has 4 aliphatic rings. The van der Waals surface area contributed by atoms with Crippen molar-refractivity contribution in [1.29, 1.82) is 0 Å². The summed E-state index contributed by atoms with van der Waals surface area (Å²) in [6, 6.07) is 5.31. The van der Waals surface area contributed by atoms with E-state index in [-0.39, 0.29) is 29.5 Å². The molecule has 6 nitrogen and oxygen atoms in total. The molecule has 4 fully saturated rings. The van der Waals surface area contributed by atoms with Crippen molar-refractivity contribution in [2.24, 2.45) is 28.9 Å². The molecule has 5 rings (SSSR count). The lowest BCUT2D eigenvalue weighted by atomic mass is 9.43. The van der Waals surface area contributed by atoms with Crippen molar-refractivity contribution in [2.75, 3.05) is 5.32 Å². The Hall–Kier alpha value is -1.86. The summed E-state index contributed by atoms with van der Waals surface area (Å²) in [5, 5.41) is 3.52. The van der Waals surface area contributed by atoms with Gasteiger partial charge in [0.2, 0.25) is 0 Å². The molecule has 1 aliphatic heterocycles. The third-order valence-electron chi connectivity index (χ3n) is 8.07. The van der Waals surface area contributed by atoms with Gasteiger partial charge in [0, 0.05) is 6.42 Å². The summed E-state index contributed by atoms with van der Waals surface area (Å²) in [7, 11) is -0.419. The lowest BCUT2D eigenvalue weighted by Gasteiger charge is -2.64. The number of hydrogen-bond acceptors (Lipinski definition) is 5. The monoisotopic (exact) mass is 426 g/mol. The summed E-state index contributed by atoms with van der Waals surface area (Å²) in [6.45, 7) is 11.2. The van der Waals surface area contributed by atoms with Crippen LogP contribution in [0, 0.1) is 23.2 Å². The van der Waals surface area contributed by atoms with Crippen LogP contribution in [0.1, 0.15) is 69.8 Å². The lowest BCUT2D eigenvalue weighted by Crippen LogP contribution is -2.65. The number of aldehydes is 1. The number of primary amides is 1. The van der Waals surface area contributed by atoms with Gasteiger partial charge in [0.1, 0.15) is 6.29 Å². The molecule has 3 N–H and O–H groups in total. The van der Waals surface area contributed by atoms with Crippen LogP contribution in [0.2, 0.25) is 0 Å². The Labute approximate surface area is 185 Å². The molecule has 0 radical (unpaired) electrons. The molecule has 0 unspecified atom stereocenters. The van der Waals surface area contributed by atoms with Gasteiger partial charge in [-0.3, -0.25) is 4.79 Å². The van der Waals surface area contributed by atoms with Gasteiger partial charge in [-0.05, 0) is 61.0 Å². The second-order valence-corrected chi connectivity index (χ2v) is 10.8. The van der Waals surface area contributed by atoms with Crippen LogP contribution >= 0.6 is 0 Å². The molecule has 0 aromatic heterocycles. The van der Waals surface area contributed by atoms with Gasteiger partial charge < -0.3 is 25.2 Å². The minimum atomic E-state index is -0.519. The number of nitrogens with one attached hydrogen (secondary N) is 1. The predicted molar refractivity (Wildman–Crippen MR) is 122 cm³/mol. The van der Waals surface area contributed by atoms with E-state index in [1.807, 2.05) is 6.07 Å². The number of rotatable bonds is 8. The molecule has 0 spiro atoms. The zero-order chi connectivity index (χ0) is 22.6. The molecule has 7 heteroatoms. The van der Waals surface area contributed by atoms with E-state index in [2.05, 4.69) is 39.9 Å². The molecular weight excluding hydrogens is 391 g/mol. The summed E-state index contributed by atoms with van der Waals surface area (Å²) in [5.41, 5.74) is 7.39. The molecule has 3 aliphatic carbocycles. The molecule has 1 amide bonds. The maximum Gasteiger partial charge on any atom is 0.481 e. The van der Waals surface area contributed by atoms with Gasteiger partial charge >= 0.3 is 7.12 Å². The number of benzene rings is 1. The molecule has 1 heterocycles. The van der Waals surface area contributed by atoms with Gasteiger partial charge in [0.05, 0.1) is 28.9 Å². The molecule has 1 aromatic rings. The fraction of sp³-hybridized carbons (Fsp3) is 0.667. The third kappa shape index (κ3) is 3.70. The summed E-state index contributed by atoms with van der Waals surface area (Å²) < 4.78 is 13.2. The highest BCUT2D eigenvalue weighted by Crippen LogP contribution is 2.65. The third-order valence-corrected chi connectivity index (χ3v) is 8.07. The van der Waals surface area contributed by atoms with Crippen molar-refractivity contribution in [1.82, 2.24) is 0 Å². The minimum Gasteiger partial charge on any atom is -0.404 e. The van der Waals surface area contributed by atoms with Crippen molar-refractivity contribution in [2.45, 2.75) is 77.9 Å². The van der Waals surface area contributed by atoms with Crippen molar-refractivity contribution >= 4 is 25.0 Å². The van der Waals surface area contributed by atoms with Crippen LogP contribution in [0.25, 0.3) is 0 Å². The first-order valence-corrected chi connectivity index (χ1v) is 11.5. The van der Waals surface area contributed by atoms with Gasteiger partial charge in [-0.25, -0.2) is 0 Å². The quantitative estimate of drug-likeness (QED) is 0.490. The van der Waals surface area contributed by atoms with Gasteiger partial charge in [0.25, 0.3) is 5.91 Å². The van der Waals surface area contributed by atoms with Crippen molar-refractivity contribution in [3.63, 3.8) is 0 Å². The van der Waals surface area contributed by atoms with Gasteiger partial charge in [0.15, 0.2) is 0 Å². The van der Waals surface area contributed by atoms with Crippen LogP contribution in [-0.2, 0) is 20.5 Å². The minimum absolute atomic E-state index is 0.0894. The van der Waals surface area contributed by atoms with E-state index in [0.717, 1.165) is 24.7 Å². The van der Waals surface area contributed by atoms with E-state index in [9.17, 15) is 9.59 Å².